The van der Waals surface area contributed by atoms with E-state index in [9.17, 15) is 9.59 Å². The molecule has 0 aromatic heterocycles. The Kier molecular flexibility index (Phi) is 20.7. The number of halogens is 4. The highest BCUT2D eigenvalue weighted by Crippen LogP contribution is 2.43. The number of nitrogens with zero attached hydrogens (tertiary/aromatic N) is 2. The van der Waals surface area contributed by atoms with Crippen molar-refractivity contribution >= 4 is 81.8 Å². The van der Waals surface area contributed by atoms with Crippen LogP contribution in [0.4, 0.5) is 0 Å². The number of amides is 4. The van der Waals surface area contributed by atoms with Gasteiger partial charge in [-0.15, -0.1) is 0 Å². The number of Topliss-reactive ketones (excluding diaryl/α,β-unsaturated/α-hetero) is 1. The molecule has 466 valence electrons. The summed E-state index contributed by atoms with van der Waals surface area (Å²) in [7, 11) is 1.51. The minimum absolute atomic E-state index is 0.00502. The summed E-state index contributed by atoms with van der Waals surface area (Å²) in [6.45, 7) is 0.419. The topological polar surface area (TPSA) is 201 Å². The van der Waals surface area contributed by atoms with Crippen molar-refractivity contribution in [2.75, 3.05) is 20.3 Å². The number of benzene rings is 7. The van der Waals surface area contributed by atoms with E-state index >= 15 is 19.2 Å². The normalized spacial score (nSPS) is 23.0. The van der Waals surface area contributed by atoms with E-state index in [1.54, 1.807) is 48.5 Å². The Morgan fingerprint density at radius 3 is 1.23 bits per heavy atom. The molecule has 10 atom stereocenters. The zero-order chi connectivity index (χ0) is 63.0. The van der Waals surface area contributed by atoms with E-state index < -0.39 is 90.9 Å². The van der Waals surface area contributed by atoms with E-state index in [1.165, 1.54) is 38.3 Å². The molecular weight excluding hydrogens is 1240 g/mol. The number of ketones is 1. The van der Waals surface area contributed by atoms with Gasteiger partial charge in [-0.25, -0.2) is 0 Å². The summed E-state index contributed by atoms with van der Waals surface area (Å²) in [6.07, 6.45) is -12.8. The van der Waals surface area contributed by atoms with Gasteiger partial charge in [-0.3, -0.25) is 33.8 Å². The second-order valence-corrected chi connectivity index (χ2v) is 23.4. The number of esters is 1. The van der Waals surface area contributed by atoms with Crippen LogP contribution in [0.2, 0.25) is 20.1 Å². The fourth-order valence-electron chi connectivity index (χ4n) is 11.2. The van der Waals surface area contributed by atoms with Crippen LogP contribution in [0.25, 0.3) is 0 Å². The number of hydrogen-bond donors (Lipinski definition) is 0. The van der Waals surface area contributed by atoms with Crippen LogP contribution in [0.5, 0.6) is 11.5 Å². The van der Waals surface area contributed by atoms with Crippen molar-refractivity contribution in [2.24, 2.45) is 0 Å². The Morgan fingerprint density at radius 2 is 0.822 bits per heavy atom. The molecule has 4 aliphatic rings. The number of carbonyl (C=O) groups is 6. The average molecular weight is 1300 g/mol. The van der Waals surface area contributed by atoms with Crippen LogP contribution in [0.3, 0.4) is 0 Å². The van der Waals surface area contributed by atoms with Crippen LogP contribution in [-0.4, -0.2) is 127 Å². The summed E-state index contributed by atoms with van der Waals surface area (Å²) < 4.78 is 67.4. The van der Waals surface area contributed by atoms with E-state index in [2.05, 4.69) is 0 Å². The van der Waals surface area contributed by atoms with Gasteiger partial charge in [-0.05, 0) is 77.7 Å². The molecule has 7 aromatic carbocycles. The number of hydrogen-bond acceptors (Lipinski definition) is 16. The third-order valence-electron chi connectivity index (χ3n) is 15.7. The molecule has 11 rings (SSSR count). The van der Waals surface area contributed by atoms with Crippen molar-refractivity contribution in [2.45, 2.75) is 107 Å². The molecule has 0 N–H and O–H groups in total. The van der Waals surface area contributed by atoms with Gasteiger partial charge in [-0.2, -0.15) is 0 Å². The van der Waals surface area contributed by atoms with E-state index in [0.717, 1.165) is 20.9 Å². The summed E-state index contributed by atoms with van der Waals surface area (Å²) in [5.74, 6) is -3.78. The van der Waals surface area contributed by atoms with Crippen molar-refractivity contribution in [1.29, 1.82) is 0 Å². The lowest BCUT2D eigenvalue weighted by Gasteiger charge is -2.52. The lowest BCUT2D eigenvalue weighted by molar-refractivity contribution is -0.343. The third kappa shape index (κ3) is 14.4. The van der Waals surface area contributed by atoms with Crippen molar-refractivity contribution < 1.29 is 76.1 Å². The van der Waals surface area contributed by atoms with Crippen LogP contribution in [0.1, 0.15) is 83.5 Å². The summed E-state index contributed by atoms with van der Waals surface area (Å²) in [5, 5.41) is -0.0415. The molecule has 4 amide bonds. The zero-order valence-corrected chi connectivity index (χ0v) is 51.6. The van der Waals surface area contributed by atoms with Crippen molar-refractivity contribution in [3.05, 3.63) is 234 Å². The maximum atomic E-state index is 15.4. The SMILES string of the molecule is COc1ccc(O[C@@H]2O[C@H](COCc3ccccc3)[C@@H](O[C@@H]3O[C@H](COCc4ccccc4)[C@@H](OC(=O)CCC(C)=O)[C@H](OCc4ccccc4)[C@H]3N3C(=O)c4cc(Cl)c(Cl)cc4C3=O)[C@H](OCc3ccccc3)[C@H]2N2C(=O)c3cc(Cl)c(Cl)cc3C2=O)cc1. The Labute approximate surface area is 538 Å². The van der Waals surface area contributed by atoms with Gasteiger partial charge in [0.1, 0.15) is 59.9 Å². The predicted octanol–water partition coefficient (Wildman–Crippen LogP) is 11.7. The number of imide groups is 2. The number of fused-ring (bicyclic) bond motifs is 2. The fourth-order valence-corrected chi connectivity index (χ4v) is 11.9. The highest BCUT2D eigenvalue weighted by molar-refractivity contribution is 6.43. The largest absolute Gasteiger partial charge is 0.497 e. The molecule has 2 fully saturated rings. The van der Waals surface area contributed by atoms with Crippen LogP contribution < -0.4 is 9.47 Å². The molecule has 0 spiro atoms. The number of methoxy groups -OCH3 is 1. The number of rotatable bonds is 25. The van der Waals surface area contributed by atoms with Crippen LogP contribution in [0, 0.1) is 0 Å². The molecule has 90 heavy (non-hydrogen) atoms. The van der Waals surface area contributed by atoms with Gasteiger partial charge in [0.2, 0.25) is 6.29 Å². The standard InChI is InChI=1S/C68H60Cl4N2O16/c1-39(75)23-28-56(76)89-59-54(37-82-33-40-15-7-3-8-16-40)88-68(58(61(59)84-35-42-19-11-5-12-20-42)74-65(79)48-31-52(71)53(72)32-49(48)66(74)80)90-60-55(38-83-34-41-17-9-4-10-18-41)87-67(86-45-26-24-44(81-2)25-27-45)57(62(60)85-36-43-21-13-6-14-22-43)73-63(77)46-29-50(69)51(70)30-47(46)64(73)78/h3-22,24-27,29-32,54-55,57-62,67-68H,23,28,33-38H2,1-2H3/t54-,55-,57-,58-,59-,60-,61-,62-,67-,68+/m1/s1. The first kappa shape index (κ1) is 64.0. The molecule has 0 saturated carbocycles. The highest BCUT2D eigenvalue weighted by Gasteiger charge is 2.61. The highest BCUT2D eigenvalue weighted by atomic mass is 35.5. The Hall–Kier alpha value is -7.56. The monoisotopic (exact) mass is 1300 g/mol. The quantitative estimate of drug-likeness (QED) is 0.0386. The van der Waals surface area contributed by atoms with E-state index in [1.807, 2.05) is 97.1 Å². The molecular formula is C68H60Cl4N2O16. The summed E-state index contributed by atoms with van der Waals surface area (Å²) in [4.78, 5) is 89.7. The molecule has 4 aliphatic heterocycles. The first-order valence-electron chi connectivity index (χ1n) is 28.9. The zero-order valence-electron chi connectivity index (χ0n) is 48.5. The van der Waals surface area contributed by atoms with E-state index in [4.69, 9.17) is 93.8 Å². The van der Waals surface area contributed by atoms with E-state index in [0.29, 0.717) is 16.9 Å². The number of ether oxygens (including phenoxy) is 10. The van der Waals surface area contributed by atoms with Crippen molar-refractivity contribution in [3.63, 3.8) is 0 Å². The summed E-state index contributed by atoms with van der Waals surface area (Å²) in [5.41, 5.74) is 2.46. The second kappa shape index (κ2) is 29.2. The molecule has 2 saturated heterocycles. The van der Waals surface area contributed by atoms with Crippen LogP contribution >= 0.6 is 46.4 Å². The predicted molar refractivity (Wildman–Crippen MR) is 329 cm³/mol. The fraction of sp³-hybridized carbons (Fsp3) is 0.294. The molecule has 0 aliphatic carbocycles. The summed E-state index contributed by atoms with van der Waals surface area (Å²) in [6, 6.07) is 45.0. The van der Waals surface area contributed by atoms with Gasteiger partial charge in [-0.1, -0.05) is 168 Å². The van der Waals surface area contributed by atoms with E-state index in [-0.39, 0.29) is 106 Å². The molecule has 22 heteroatoms. The summed E-state index contributed by atoms with van der Waals surface area (Å²) >= 11 is 26.3. The molecule has 0 radical (unpaired) electrons. The average Bonchev–Trinajstić information content (AvgIpc) is 1.49. The molecule has 0 unspecified atom stereocenters. The molecule has 4 heterocycles. The first-order valence-corrected chi connectivity index (χ1v) is 30.4. The third-order valence-corrected chi connectivity index (χ3v) is 17.1. The van der Waals surface area contributed by atoms with Crippen molar-refractivity contribution in [1.82, 2.24) is 9.80 Å². The number of carbonyl (C=O) groups excluding carboxylic acids is 6. The maximum Gasteiger partial charge on any atom is 0.306 e. The maximum absolute atomic E-state index is 15.4. The van der Waals surface area contributed by atoms with Gasteiger partial charge in [0.25, 0.3) is 23.6 Å². The smallest absolute Gasteiger partial charge is 0.306 e. The first-order chi connectivity index (χ1) is 43.6. The molecule has 18 nitrogen and oxygen atoms in total. The molecule has 0 bridgehead atoms. The van der Waals surface area contributed by atoms with Crippen molar-refractivity contribution in [3.8, 4) is 11.5 Å². The minimum atomic E-state index is -1.86. The molecule has 7 aromatic rings. The van der Waals surface area contributed by atoms with Crippen LogP contribution in [-0.2, 0) is 73.9 Å². The Bertz CT molecular complexity index is 3640. The van der Waals surface area contributed by atoms with Gasteiger partial charge >= 0.3 is 5.97 Å². The Balaban J connectivity index is 1.10. The minimum Gasteiger partial charge on any atom is -0.497 e. The Morgan fingerprint density at radius 1 is 0.456 bits per heavy atom. The lowest BCUT2D eigenvalue weighted by atomic mass is 9.92. The van der Waals surface area contributed by atoms with Gasteiger partial charge < -0.3 is 52.2 Å². The van der Waals surface area contributed by atoms with Gasteiger partial charge in [0.15, 0.2) is 12.4 Å². The van der Waals surface area contributed by atoms with Crippen LogP contribution in [0.15, 0.2) is 170 Å². The lowest BCUT2D eigenvalue weighted by Crippen LogP contribution is -2.71. The van der Waals surface area contributed by atoms with Gasteiger partial charge in [0.05, 0.1) is 95.5 Å². The van der Waals surface area contributed by atoms with Gasteiger partial charge in [0, 0.05) is 6.42 Å². The second-order valence-electron chi connectivity index (χ2n) is 21.7.